The van der Waals surface area contributed by atoms with Crippen LogP contribution in [0.25, 0.3) is 0 Å². The summed E-state index contributed by atoms with van der Waals surface area (Å²) >= 11 is 1.64. The number of aliphatic imine (C=N–C) groups is 1. The molecule has 2 rings (SSSR count). The number of benzene rings is 2. The van der Waals surface area contributed by atoms with Gasteiger partial charge in [-0.15, -0.1) is 0 Å². The number of nitrogens with zero attached hydrogens (tertiary/aromatic N) is 3. The molecular formula is C18H23N3S. The van der Waals surface area contributed by atoms with Crippen LogP contribution in [0.1, 0.15) is 18.1 Å². The molecule has 0 saturated heterocycles. The van der Waals surface area contributed by atoms with Crippen molar-refractivity contribution in [1.29, 1.82) is 0 Å². The van der Waals surface area contributed by atoms with E-state index < -0.39 is 0 Å². The first-order valence-electron chi connectivity index (χ1n) is 7.45. The maximum atomic E-state index is 4.58. The lowest BCUT2D eigenvalue weighted by molar-refractivity contribution is 0.860. The molecule has 2 aromatic rings. The average Bonchev–Trinajstić information content (AvgIpc) is 2.52. The zero-order chi connectivity index (χ0) is 15.9. The first-order chi connectivity index (χ1) is 10.6. The van der Waals surface area contributed by atoms with Crippen molar-refractivity contribution in [3.8, 4) is 0 Å². The van der Waals surface area contributed by atoms with E-state index in [2.05, 4.69) is 72.5 Å². The van der Waals surface area contributed by atoms with E-state index in [0.717, 1.165) is 12.2 Å². The van der Waals surface area contributed by atoms with Gasteiger partial charge in [-0.3, -0.25) is 8.61 Å². The minimum Gasteiger partial charge on any atom is -0.299 e. The highest BCUT2D eigenvalue weighted by Crippen LogP contribution is 2.24. The smallest absolute Gasteiger partial charge is 0.102 e. The molecule has 0 N–H and O–H groups in total. The zero-order valence-electron chi connectivity index (χ0n) is 13.7. The summed E-state index contributed by atoms with van der Waals surface area (Å²) in [4.78, 5) is 4.58. The van der Waals surface area contributed by atoms with Crippen LogP contribution in [0.3, 0.4) is 0 Å². The van der Waals surface area contributed by atoms with Gasteiger partial charge < -0.3 is 0 Å². The summed E-state index contributed by atoms with van der Waals surface area (Å²) in [7, 11) is 2.02. The number of hydrogen-bond donors (Lipinski definition) is 0. The minimum absolute atomic E-state index is 0.927. The Morgan fingerprint density at radius 1 is 1.09 bits per heavy atom. The summed E-state index contributed by atoms with van der Waals surface area (Å²) < 4.78 is 4.25. The van der Waals surface area contributed by atoms with Crippen molar-refractivity contribution in [1.82, 2.24) is 4.31 Å². The van der Waals surface area contributed by atoms with Crippen molar-refractivity contribution in [3.63, 3.8) is 0 Å². The summed E-state index contributed by atoms with van der Waals surface area (Å²) in [6, 6.07) is 16.7. The van der Waals surface area contributed by atoms with E-state index in [1.54, 1.807) is 12.1 Å². The summed E-state index contributed by atoms with van der Waals surface area (Å²) in [5, 5.41) is 0. The van der Waals surface area contributed by atoms with E-state index in [1.807, 2.05) is 23.8 Å². The van der Waals surface area contributed by atoms with Gasteiger partial charge in [-0.1, -0.05) is 35.9 Å². The Bertz CT molecular complexity index is 625. The molecule has 22 heavy (non-hydrogen) atoms. The van der Waals surface area contributed by atoms with Crippen LogP contribution in [0.15, 0.2) is 53.5 Å². The van der Waals surface area contributed by atoms with Crippen LogP contribution in [0.4, 0.5) is 11.4 Å². The Balaban J connectivity index is 2.02. The number of rotatable bonds is 6. The maximum Gasteiger partial charge on any atom is 0.102 e. The SMILES string of the molecule is CCN(SN(C)C=Nc1ccc(C)cc1C)c1ccccc1. The molecule has 0 aliphatic heterocycles. The lowest BCUT2D eigenvalue weighted by Crippen LogP contribution is -2.21. The van der Waals surface area contributed by atoms with Gasteiger partial charge in [0, 0.05) is 19.3 Å². The topological polar surface area (TPSA) is 18.8 Å². The molecule has 0 atom stereocenters. The van der Waals surface area contributed by atoms with Crippen LogP contribution in [0.2, 0.25) is 0 Å². The molecule has 0 aliphatic rings. The molecule has 0 spiro atoms. The molecular weight excluding hydrogens is 290 g/mol. The third-order valence-electron chi connectivity index (χ3n) is 3.27. The average molecular weight is 313 g/mol. The number of hydrogen-bond acceptors (Lipinski definition) is 3. The van der Waals surface area contributed by atoms with Gasteiger partial charge in [0.15, 0.2) is 0 Å². The van der Waals surface area contributed by atoms with E-state index >= 15 is 0 Å². The Morgan fingerprint density at radius 3 is 2.45 bits per heavy atom. The largest absolute Gasteiger partial charge is 0.299 e. The minimum atomic E-state index is 0.927. The molecule has 4 heteroatoms. The first kappa shape index (κ1) is 16.4. The van der Waals surface area contributed by atoms with Crippen LogP contribution in [0, 0.1) is 13.8 Å². The predicted octanol–water partition coefficient (Wildman–Crippen LogP) is 4.98. The van der Waals surface area contributed by atoms with Gasteiger partial charge in [-0.25, -0.2) is 4.99 Å². The van der Waals surface area contributed by atoms with Crippen LogP contribution < -0.4 is 4.31 Å². The molecule has 116 valence electrons. The number of anilines is 1. The van der Waals surface area contributed by atoms with E-state index in [9.17, 15) is 0 Å². The van der Waals surface area contributed by atoms with Crippen molar-refractivity contribution in [3.05, 3.63) is 59.7 Å². The van der Waals surface area contributed by atoms with Crippen LogP contribution >= 0.6 is 12.1 Å². The lowest BCUT2D eigenvalue weighted by Gasteiger charge is -2.25. The van der Waals surface area contributed by atoms with Gasteiger partial charge in [0.25, 0.3) is 0 Å². The maximum absolute atomic E-state index is 4.58. The van der Waals surface area contributed by atoms with E-state index in [0.29, 0.717) is 0 Å². The van der Waals surface area contributed by atoms with Gasteiger partial charge in [-0.05, 0) is 44.5 Å². The molecule has 3 nitrogen and oxygen atoms in total. The Hall–Kier alpha value is -1.94. The molecule has 0 aromatic heterocycles. The Labute approximate surface area is 137 Å². The standard InChI is InChI=1S/C18H23N3S/c1-5-21(17-9-7-6-8-10-17)22-20(4)14-19-18-12-11-15(2)13-16(18)3/h6-14H,5H2,1-4H3. The third kappa shape index (κ3) is 4.53. The first-order valence-corrected chi connectivity index (χ1v) is 8.18. The predicted molar refractivity (Wildman–Crippen MR) is 98.9 cm³/mol. The van der Waals surface area contributed by atoms with Crippen molar-refractivity contribution in [2.24, 2.45) is 4.99 Å². The summed E-state index contributed by atoms with van der Waals surface area (Å²) in [5.74, 6) is 0. The van der Waals surface area contributed by atoms with Gasteiger partial charge in [-0.2, -0.15) is 0 Å². The van der Waals surface area contributed by atoms with E-state index in [1.165, 1.54) is 16.8 Å². The number of para-hydroxylation sites is 1. The third-order valence-corrected chi connectivity index (χ3v) is 4.29. The van der Waals surface area contributed by atoms with Gasteiger partial charge in [0.1, 0.15) is 6.34 Å². The summed E-state index contributed by atoms with van der Waals surface area (Å²) in [6.07, 6.45) is 1.87. The molecule has 0 radical (unpaired) electrons. The second-order valence-corrected chi connectivity index (χ2v) is 6.37. The van der Waals surface area contributed by atoms with Gasteiger partial charge >= 0.3 is 0 Å². The second-order valence-electron chi connectivity index (χ2n) is 5.19. The lowest BCUT2D eigenvalue weighted by atomic mass is 10.1. The molecule has 0 unspecified atom stereocenters. The van der Waals surface area contributed by atoms with Crippen molar-refractivity contribution in [2.75, 3.05) is 17.9 Å². The quantitative estimate of drug-likeness (QED) is 0.425. The summed E-state index contributed by atoms with van der Waals surface area (Å²) in [6.45, 7) is 7.27. The molecule has 0 bridgehead atoms. The van der Waals surface area contributed by atoms with E-state index in [4.69, 9.17) is 0 Å². The highest BCUT2D eigenvalue weighted by molar-refractivity contribution is 7.98. The molecule has 0 amide bonds. The Kier molecular flexibility index (Phi) is 5.90. The van der Waals surface area contributed by atoms with Crippen molar-refractivity contribution >= 4 is 29.8 Å². The van der Waals surface area contributed by atoms with Gasteiger partial charge in [0.05, 0.1) is 17.8 Å². The molecule has 0 saturated carbocycles. The number of aryl methyl sites for hydroxylation is 2. The molecule has 0 aliphatic carbocycles. The van der Waals surface area contributed by atoms with Crippen LogP contribution in [0.5, 0.6) is 0 Å². The Morgan fingerprint density at radius 2 is 1.82 bits per heavy atom. The van der Waals surface area contributed by atoms with E-state index in [-0.39, 0.29) is 0 Å². The van der Waals surface area contributed by atoms with Gasteiger partial charge in [0.2, 0.25) is 0 Å². The fourth-order valence-corrected chi connectivity index (χ4v) is 2.88. The second kappa shape index (κ2) is 7.90. The zero-order valence-corrected chi connectivity index (χ0v) is 14.5. The molecule has 0 fully saturated rings. The highest BCUT2D eigenvalue weighted by Gasteiger charge is 2.06. The normalized spacial score (nSPS) is 10.9. The van der Waals surface area contributed by atoms with Crippen LogP contribution in [-0.4, -0.2) is 24.2 Å². The molecule has 0 heterocycles. The summed E-state index contributed by atoms with van der Waals surface area (Å²) in [5.41, 5.74) is 4.67. The fraction of sp³-hybridized carbons (Fsp3) is 0.278. The van der Waals surface area contributed by atoms with Crippen molar-refractivity contribution < 1.29 is 0 Å². The highest BCUT2D eigenvalue weighted by atomic mass is 32.2. The van der Waals surface area contributed by atoms with Crippen molar-refractivity contribution in [2.45, 2.75) is 20.8 Å². The molecule has 2 aromatic carbocycles. The monoisotopic (exact) mass is 313 g/mol. The van der Waals surface area contributed by atoms with Crippen LogP contribution in [-0.2, 0) is 0 Å². The fourth-order valence-electron chi connectivity index (χ4n) is 2.15.